The molecule has 0 radical (unpaired) electrons. The van der Waals surface area contributed by atoms with Crippen LogP contribution in [0.15, 0.2) is 115 Å². The quantitative estimate of drug-likeness (QED) is 0.191. The SMILES string of the molecule is COc1ccc(O[C@H]2C[C@@H](OCc3ccccc3)C(OCc3ccccc3)C(COCc3ccccc3)O2)cc1. The largest absolute Gasteiger partial charge is 0.497 e. The van der Waals surface area contributed by atoms with E-state index in [1.54, 1.807) is 7.11 Å². The molecule has 4 aromatic rings. The minimum Gasteiger partial charge on any atom is -0.497 e. The molecule has 5 rings (SSSR count). The monoisotopic (exact) mass is 540 g/mol. The Morgan fingerprint density at radius 1 is 0.625 bits per heavy atom. The molecule has 1 aliphatic heterocycles. The first kappa shape index (κ1) is 27.9. The van der Waals surface area contributed by atoms with Crippen LogP contribution in [0.4, 0.5) is 0 Å². The summed E-state index contributed by atoms with van der Waals surface area (Å²) in [5.74, 6) is 1.46. The number of hydrogen-bond donors (Lipinski definition) is 0. The molecule has 4 aromatic carbocycles. The molecule has 0 bridgehead atoms. The van der Waals surface area contributed by atoms with Crippen molar-refractivity contribution in [2.45, 2.75) is 50.8 Å². The van der Waals surface area contributed by atoms with E-state index in [9.17, 15) is 0 Å². The van der Waals surface area contributed by atoms with Gasteiger partial charge in [0.15, 0.2) is 0 Å². The van der Waals surface area contributed by atoms with Gasteiger partial charge in [-0.05, 0) is 41.0 Å². The Balaban J connectivity index is 1.33. The predicted molar refractivity (Wildman–Crippen MR) is 153 cm³/mol. The maximum absolute atomic E-state index is 6.51. The van der Waals surface area contributed by atoms with Gasteiger partial charge in [-0.15, -0.1) is 0 Å². The van der Waals surface area contributed by atoms with Gasteiger partial charge in [0.2, 0.25) is 6.29 Å². The number of ether oxygens (including phenoxy) is 6. The number of methoxy groups -OCH3 is 1. The highest BCUT2D eigenvalue weighted by atomic mass is 16.7. The summed E-state index contributed by atoms with van der Waals surface area (Å²) < 4.78 is 37.2. The van der Waals surface area contributed by atoms with Crippen LogP contribution in [0, 0.1) is 0 Å². The van der Waals surface area contributed by atoms with Crippen LogP contribution in [-0.4, -0.2) is 38.3 Å². The summed E-state index contributed by atoms with van der Waals surface area (Å²) in [7, 11) is 1.64. The van der Waals surface area contributed by atoms with Gasteiger partial charge in [-0.2, -0.15) is 0 Å². The predicted octanol–water partition coefficient (Wildman–Crippen LogP) is 6.58. The minimum atomic E-state index is -0.531. The Hall–Kier alpha value is -3.68. The molecule has 1 saturated heterocycles. The Morgan fingerprint density at radius 3 is 1.73 bits per heavy atom. The summed E-state index contributed by atoms with van der Waals surface area (Å²) in [5.41, 5.74) is 3.29. The van der Waals surface area contributed by atoms with Crippen molar-refractivity contribution in [2.24, 2.45) is 0 Å². The van der Waals surface area contributed by atoms with E-state index in [1.807, 2.05) is 91.0 Å². The van der Waals surface area contributed by atoms with E-state index in [-0.39, 0.29) is 12.2 Å². The fraction of sp³-hybridized carbons (Fsp3) is 0.294. The van der Waals surface area contributed by atoms with Crippen molar-refractivity contribution in [1.29, 1.82) is 0 Å². The van der Waals surface area contributed by atoms with E-state index in [1.165, 1.54) is 0 Å². The molecule has 0 aliphatic carbocycles. The highest BCUT2D eigenvalue weighted by Crippen LogP contribution is 2.30. The molecule has 1 aliphatic rings. The summed E-state index contributed by atoms with van der Waals surface area (Å²) in [6, 6.07) is 37.9. The second kappa shape index (κ2) is 14.6. The zero-order valence-electron chi connectivity index (χ0n) is 22.8. The van der Waals surface area contributed by atoms with Crippen LogP contribution in [-0.2, 0) is 38.8 Å². The molecular weight excluding hydrogens is 504 g/mol. The molecule has 2 unspecified atom stereocenters. The van der Waals surface area contributed by atoms with Gasteiger partial charge in [0.05, 0.1) is 39.6 Å². The van der Waals surface area contributed by atoms with Gasteiger partial charge < -0.3 is 28.4 Å². The van der Waals surface area contributed by atoms with Crippen molar-refractivity contribution < 1.29 is 28.4 Å². The minimum absolute atomic E-state index is 0.272. The summed E-state index contributed by atoms with van der Waals surface area (Å²) in [5, 5.41) is 0. The Kier molecular flexibility index (Phi) is 10.2. The molecule has 0 saturated carbocycles. The smallest absolute Gasteiger partial charge is 0.202 e. The second-order valence-corrected chi connectivity index (χ2v) is 9.73. The van der Waals surface area contributed by atoms with Crippen LogP contribution >= 0.6 is 0 Å². The normalized spacial score (nSPS) is 20.6. The molecule has 0 N–H and O–H groups in total. The van der Waals surface area contributed by atoms with Gasteiger partial charge >= 0.3 is 0 Å². The fourth-order valence-electron chi connectivity index (χ4n) is 4.70. The van der Waals surface area contributed by atoms with E-state index in [4.69, 9.17) is 28.4 Å². The molecule has 40 heavy (non-hydrogen) atoms. The van der Waals surface area contributed by atoms with E-state index in [0.717, 1.165) is 22.4 Å². The standard InChI is InChI=1S/C34H36O6/c1-35-29-17-19-30(20-18-29)39-33-21-31(37-23-27-13-7-3-8-14-27)34(38-24-28-15-9-4-10-16-28)32(40-33)25-36-22-26-11-5-2-6-12-26/h2-20,31-34H,21-25H2,1H3/t31-,32?,33-,34?/m1/s1. The van der Waals surface area contributed by atoms with Crippen LogP contribution in [0.5, 0.6) is 11.5 Å². The number of benzene rings is 4. The van der Waals surface area contributed by atoms with Crippen molar-refractivity contribution in [3.05, 3.63) is 132 Å². The van der Waals surface area contributed by atoms with Gasteiger partial charge in [-0.25, -0.2) is 0 Å². The third-order valence-electron chi connectivity index (χ3n) is 6.80. The first-order valence-corrected chi connectivity index (χ1v) is 13.7. The molecular formula is C34H36O6. The molecule has 0 spiro atoms. The second-order valence-electron chi connectivity index (χ2n) is 9.73. The van der Waals surface area contributed by atoms with Crippen molar-refractivity contribution in [3.63, 3.8) is 0 Å². The maximum Gasteiger partial charge on any atom is 0.202 e. The van der Waals surface area contributed by atoms with E-state index >= 15 is 0 Å². The molecule has 4 atom stereocenters. The van der Waals surface area contributed by atoms with E-state index in [0.29, 0.717) is 38.6 Å². The van der Waals surface area contributed by atoms with E-state index < -0.39 is 12.4 Å². The van der Waals surface area contributed by atoms with Crippen molar-refractivity contribution in [2.75, 3.05) is 13.7 Å². The average Bonchev–Trinajstić information content (AvgIpc) is 3.01. The third kappa shape index (κ3) is 8.16. The van der Waals surface area contributed by atoms with Crippen LogP contribution in [0.2, 0.25) is 0 Å². The molecule has 208 valence electrons. The van der Waals surface area contributed by atoms with Gasteiger partial charge in [0.1, 0.15) is 23.7 Å². The molecule has 0 amide bonds. The van der Waals surface area contributed by atoms with Crippen LogP contribution in [0.25, 0.3) is 0 Å². The zero-order valence-corrected chi connectivity index (χ0v) is 22.8. The molecule has 6 nitrogen and oxygen atoms in total. The lowest BCUT2D eigenvalue weighted by Crippen LogP contribution is -2.53. The maximum atomic E-state index is 6.51. The lowest BCUT2D eigenvalue weighted by molar-refractivity contribution is -0.257. The summed E-state index contributed by atoms with van der Waals surface area (Å²) in [4.78, 5) is 0. The van der Waals surface area contributed by atoms with Crippen molar-refractivity contribution in [3.8, 4) is 11.5 Å². The topological polar surface area (TPSA) is 55.4 Å². The molecule has 6 heteroatoms. The van der Waals surface area contributed by atoms with Crippen LogP contribution in [0.1, 0.15) is 23.1 Å². The lowest BCUT2D eigenvalue weighted by atomic mass is 10.0. The number of hydrogen-bond acceptors (Lipinski definition) is 6. The van der Waals surface area contributed by atoms with E-state index in [2.05, 4.69) is 24.3 Å². The highest BCUT2D eigenvalue weighted by molar-refractivity contribution is 5.31. The lowest BCUT2D eigenvalue weighted by Gasteiger charge is -2.41. The molecule has 1 fully saturated rings. The third-order valence-corrected chi connectivity index (χ3v) is 6.80. The van der Waals surface area contributed by atoms with Crippen molar-refractivity contribution in [1.82, 2.24) is 0 Å². The summed E-state index contributed by atoms with van der Waals surface area (Å²) in [6.07, 6.45) is -1.05. The molecule has 1 heterocycles. The Bertz CT molecular complexity index is 1250. The molecule has 0 aromatic heterocycles. The summed E-state index contributed by atoms with van der Waals surface area (Å²) >= 11 is 0. The van der Waals surface area contributed by atoms with Gasteiger partial charge in [-0.1, -0.05) is 91.0 Å². The number of rotatable bonds is 13. The van der Waals surface area contributed by atoms with Gasteiger partial charge in [0, 0.05) is 6.42 Å². The first-order valence-electron chi connectivity index (χ1n) is 13.7. The van der Waals surface area contributed by atoms with Crippen LogP contribution < -0.4 is 9.47 Å². The summed E-state index contributed by atoms with van der Waals surface area (Å²) in [6.45, 7) is 1.72. The fourth-order valence-corrected chi connectivity index (χ4v) is 4.70. The van der Waals surface area contributed by atoms with Crippen molar-refractivity contribution >= 4 is 0 Å². The zero-order chi connectivity index (χ0) is 27.4. The average molecular weight is 541 g/mol. The van der Waals surface area contributed by atoms with Gasteiger partial charge in [-0.3, -0.25) is 0 Å². The van der Waals surface area contributed by atoms with Gasteiger partial charge in [0.25, 0.3) is 0 Å². The Morgan fingerprint density at radius 2 is 1.15 bits per heavy atom. The van der Waals surface area contributed by atoms with Crippen LogP contribution in [0.3, 0.4) is 0 Å². The Labute approximate surface area is 236 Å². The first-order chi connectivity index (χ1) is 19.8. The highest BCUT2D eigenvalue weighted by Gasteiger charge is 2.41.